The Balaban J connectivity index is 1.74. The van der Waals surface area contributed by atoms with Gasteiger partial charge < -0.3 is 5.73 Å². The zero-order valence-electron chi connectivity index (χ0n) is 16.4. The van der Waals surface area contributed by atoms with E-state index in [1.54, 1.807) is 24.3 Å². The van der Waals surface area contributed by atoms with E-state index in [4.69, 9.17) is 5.73 Å². The first-order chi connectivity index (χ1) is 13.8. The molecule has 6 nitrogen and oxygen atoms in total. The average Bonchev–Trinajstić information content (AvgIpc) is 2.72. The van der Waals surface area contributed by atoms with Gasteiger partial charge in [0.15, 0.2) is 9.84 Å². The molecule has 29 heavy (non-hydrogen) atoms. The number of rotatable bonds is 6. The van der Waals surface area contributed by atoms with Crippen LogP contribution in [0.1, 0.15) is 24.8 Å². The minimum atomic E-state index is -3.21. The SMILES string of the molecule is CS(=O)(=O)c1ccc(-c2ccc(C[C@@H](C#N)N3CCCCC3C(N)=O)cc2)cc1. The summed E-state index contributed by atoms with van der Waals surface area (Å²) in [5.41, 5.74) is 8.43. The highest BCUT2D eigenvalue weighted by Crippen LogP contribution is 2.24. The van der Waals surface area contributed by atoms with Crippen molar-refractivity contribution in [2.75, 3.05) is 12.8 Å². The van der Waals surface area contributed by atoms with Gasteiger partial charge in [-0.1, -0.05) is 42.8 Å². The second-order valence-electron chi connectivity index (χ2n) is 7.49. The molecule has 0 bridgehead atoms. The molecule has 0 aliphatic carbocycles. The van der Waals surface area contributed by atoms with Crippen LogP contribution in [0.15, 0.2) is 53.4 Å². The molecule has 2 aromatic rings. The standard InChI is InChI=1S/C22H25N3O3S/c1-29(27,28)20-11-9-18(10-12-20)17-7-5-16(6-8-17)14-19(15-23)25-13-3-2-4-21(25)22(24)26/h5-12,19,21H,2-4,13-14H2,1H3,(H2,24,26)/t19-,21?/m0/s1. The van der Waals surface area contributed by atoms with Gasteiger partial charge in [-0.3, -0.25) is 9.69 Å². The number of sulfone groups is 1. The summed E-state index contributed by atoms with van der Waals surface area (Å²) in [6.07, 6.45) is 4.33. The lowest BCUT2D eigenvalue weighted by Gasteiger charge is -2.36. The van der Waals surface area contributed by atoms with Crippen LogP contribution in [0.25, 0.3) is 11.1 Å². The molecule has 0 radical (unpaired) electrons. The number of likely N-dealkylation sites (tertiary alicyclic amines) is 1. The maximum atomic E-state index is 11.8. The van der Waals surface area contributed by atoms with Crippen LogP contribution in [0.5, 0.6) is 0 Å². The van der Waals surface area contributed by atoms with Crippen LogP contribution in [0, 0.1) is 11.3 Å². The molecule has 7 heteroatoms. The fourth-order valence-corrected chi connectivity index (χ4v) is 4.45. The van der Waals surface area contributed by atoms with Crippen LogP contribution in [0.4, 0.5) is 0 Å². The molecule has 0 aromatic heterocycles. The Kier molecular flexibility index (Phi) is 6.36. The number of amides is 1. The van der Waals surface area contributed by atoms with Gasteiger partial charge in [0, 0.05) is 19.2 Å². The summed E-state index contributed by atoms with van der Waals surface area (Å²) in [6.45, 7) is 0.705. The van der Waals surface area contributed by atoms with E-state index in [9.17, 15) is 18.5 Å². The summed E-state index contributed by atoms with van der Waals surface area (Å²) in [6, 6.07) is 16.2. The van der Waals surface area contributed by atoms with Crippen molar-refractivity contribution in [3.63, 3.8) is 0 Å². The van der Waals surface area contributed by atoms with E-state index in [0.29, 0.717) is 24.3 Å². The molecule has 1 aliphatic heterocycles. The second-order valence-corrected chi connectivity index (χ2v) is 9.51. The Labute approximate surface area is 171 Å². The zero-order valence-corrected chi connectivity index (χ0v) is 17.2. The van der Waals surface area contributed by atoms with Crippen molar-refractivity contribution in [2.24, 2.45) is 5.73 Å². The predicted molar refractivity (Wildman–Crippen MR) is 112 cm³/mol. The first-order valence-corrected chi connectivity index (χ1v) is 11.5. The minimum Gasteiger partial charge on any atom is -0.368 e. The number of benzene rings is 2. The first kappa shape index (κ1) is 21.0. The van der Waals surface area contributed by atoms with Crippen molar-refractivity contribution in [3.05, 3.63) is 54.1 Å². The highest BCUT2D eigenvalue weighted by Gasteiger charge is 2.32. The van der Waals surface area contributed by atoms with E-state index < -0.39 is 15.9 Å². The Morgan fingerprint density at radius 1 is 1.14 bits per heavy atom. The highest BCUT2D eigenvalue weighted by molar-refractivity contribution is 7.90. The van der Waals surface area contributed by atoms with Gasteiger partial charge in [-0.15, -0.1) is 0 Å². The van der Waals surface area contributed by atoms with Crippen molar-refractivity contribution in [1.82, 2.24) is 4.90 Å². The Morgan fingerprint density at radius 2 is 1.72 bits per heavy atom. The molecule has 0 saturated carbocycles. The number of carbonyl (C=O) groups excluding carboxylic acids is 1. The second kappa shape index (κ2) is 8.76. The number of hydrogen-bond acceptors (Lipinski definition) is 5. The number of piperidine rings is 1. The molecule has 1 unspecified atom stereocenters. The average molecular weight is 412 g/mol. The van der Waals surface area contributed by atoms with Crippen LogP contribution in [-0.4, -0.2) is 44.1 Å². The minimum absolute atomic E-state index is 0.292. The van der Waals surface area contributed by atoms with Crippen LogP contribution in [0.3, 0.4) is 0 Å². The summed E-state index contributed by atoms with van der Waals surface area (Å²) in [4.78, 5) is 14.0. The molecule has 0 spiro atoms. The Bertz CT molecular complexity index is 1010. The molecule has 1 heterocycles. The van der Waals surface area contributed by atoms with Crippen molar-refractivity contribution < 1.29 is 13.2 Å². The van der Waals surface area contributed by atoms with Gasteiger partial charge in [-0.2, -0.15) is 5.26 Å². The van der Waals surface area contributed by atoms with Gasteiger partial charge in [-0.25, -0.2) is 8.42 Å². The Hall–Kier alpha value is -2.69. The highest BCUT2D eigenvalue weighted by atomic mass is 32.2. The fraction of sp³-hybridized carbons (Fsp3) is 0.364. The molecule has 1 saturated heterocycles. The maximum absolute atomic E-state index is 11.8. The molecular weight excluding hydrogens is 386 g/mol. The number of primary amides is 1. The summed E-state index contributed by atoms with van der Waals surface area (Å²) < 4.78 is 23.2. The van der Waals surface area contributed by atoms with Gasteiger partial charge in [-0.05, 0) is 41.7 Å². The normalized spacial score (nSPS) is 18.7. The maximum Gasteiger partial charge on any atom is 0.234 e. The van der Waals surface area contributed by atoms with E-state index in [0.717, 1.165) is 29.5 Å². The van der Waals surface area contributed by atoms with Gasteiger partial charge in [0.2, 0.25) is 5.91 Å². The van der Waals surface area contributed by atoms with Crippen molar-refractivity contribution >= 4 is 15.7 Å². The molecule has 2 N–H and O–H groups in total. The summed E-state index contributed by atoms with van der Waals surface area (Å²) in [5, 5.41) is 9.67. The van der Waals surface area contributed by atoms with Gasteiger partial charge >= 0.3 is 0 Å². The summed E-state index contributed by atoms with van der Waals surface area (Å²) >= 11 is 0. The van der Waals surface area contributed by atoms with Crippen LogP contribution >= 0.6 is 0 Å². The smallest absolute Gasteiger partial charge is 0.234 e. The van der Waals surface area contributed by atoms with Crippen LogP contribution in [0.2, 0.25) is 0 Å². The predicted octanol–water partition coefficient (Wildman–Crippen LogP) is 2.53. The molecule has 1 aliphatic rings. The summed E-state index contributed by atoms with van der Waals surface area (Å²) in [5.74, 6) is -0.363. The van der Waals surface area contributed by atoms with E-state index in [1.165, 1.54) is 6.26 Å². The number of nitrogens with two attached hydrogens (primary N) is 1. The van der Waals surface area contributed by atoms with Gasteiger partial charge in [0.1, 0.15) is 6.04 Å². The third kappa shape index (κ3) is 5.03. The van der Waals surface area contributed by atoms with E-state index in [1.807, 2.05) is 29.2 Å². The Morgan fingerprint density at radius 3 is 2.24 bits per heavy atom. The van der Waals surface area contributed by atoms with Crippen molar-refractivity contribution in [1.29, 1.82) is 5.26 Å². The molecule has 2 aromatic carbocycles. The van der Waals surface area contributed by atoms with Gasteiger partial charge in [0.05, 0.1) is 17.0 Å². The molecule has 1 amide bonds. The van der Waals surface area contributed by atoms with Crippen molar-refractivity contribution in [3.8, 4) is 17.2 Å². The topological polar surface area (TPSA) is 104 Å². The molecule has 3 rings (SSSR count). The van der Waals surface area contributed by atoms with Crippen LogP contribution in [-0.2, 0) is 21.1 Å². The number of carbonyl (C=O) groups is 1. The van der Waals surface area contributed by atoms with Crippen LogP contribution < -0.4 is 5.73 Å². The zero-order chi connectivity index (χ0) is 21.0. The number of nitrogens with zero attached hydrogens (tertiary/aromatic N) is 2. The number of nitriles is 1. The quantitative estimate of drug-likeness (QED) is 0.786. The molecule has 1 fully saturated rings. The number of hydrogen-bond donors (Lipinski definition) is 1. The monoisotopic (exact) mass is 411 g/mol. The molecule has 152 valence electrons. The third-order valence-electron chi connectivity index (χ3n) is 5.42. The molecule has 2 atom stereocenters. The van der Waals surface area contributed by atoms with E-state index >= 15 is 0 Å². The lowest BCUT2D eigenvalue weighted by molar-refractivity contribution is -0.125. The molecular formula is C22H25N3O3S. The van der Waals surface area contributed by atoms with E-state index in [2.05, 4.69) is 6.07 Å². The largest absolute Gasteiger partial charge is 0.368 e. The van der Waals surface area contributed by atoms with Crippen molar-refractivity contribution in [2.45, 2.75) is 42.7 Å². The van der Waals surface area contributed by atoms with Gasteiger partial charge in [0.25, 0.3) is 0 Å². The van der Waals surface area contributed by atoms with E-state index in [-0.39, 0.29) is 11.9 Å². The third-order valence-corrected chi connectivity index (χ3v) is 6.55. The fourth-order valence-electron chi connectivity index (χ4n) is 3.82. The summed E-state index contributed by atoms with van der Waals surface area (Å²) in [7, 11) is -3.21. The lowest BCUT2D eigenvalue weighted by Crippen LogP contribution is -2.52. The first-order valence-electron chi connectivity index (χ1n) is 9.63. The lowest BCUT2D eigenvalue weighted by atomic mass is 9.96.